The molecule has 1 amide bonds. The number of carbonyl (C=O) groups is 1. The van der Waals surface area contributed by atoms with Crippen LogP contribution in [0.3, 0.4) is 0 Å². The molecule has 0 radical (unpaired) electrons. The third-order valence-electron chi connectivity index (χ3n) is 5.03. The first-order chi connectivity index (χ1) is 14.1. The molecule has 152 valence electrons. The summed E-state index contributed by atoms with van der Waals surface area (Å²) in [5.74, 6) is 1.28. The van der Waals surface area contributed by atoms with Gasteiger partial charge in [0.05, 0.1) is 6.04 Å². The van der Waals surface area contributed by atoms with E-state index < -0.39 is 6.61 Å². The van der Waals surface area contributed by atoms with Crippen molar-refractivity contribution in [3.8, 4) is 17.2 Å². The van der Waals surface area contributed by atoms with E-state index >= 15 is 0 Å². The molecule has 4 rings (SSSR count). The molecule has 0 saturated carbocycles. The van der Waals surface area contributed by atoms with E-state index in [9.17, 15) is 13.6 Å². The molecule has 1 fully saturated rings. The van der Waals surface area contributed by atoms with E-state index in [0.717, 1.165) is 18.4 Å². The van der Waals surface area contributed by atoms with Crippen LogP contribution >= 0.6 is 0 Å². The van der Waals surface area contributed by atoms with Crippen LogP contribution in [0.15, 0.2) is 48.5 Å². The summed E-state index contributed by atoms with van der Waals surface area (Å²) in [5, 5.41) is 0. The Labute approximate surface area is 167 Å². The van der Waals surface area contributed by atoms with Crippen molar-refractivity contribution in [2.75, 3.05) is 19.8 Å². The van der Waals surface area contributed by atoms with Crippen molar-refractivity contribution in [3.63, 3.8) is 0 Å². The number of fused-ring (bicyclic) bond motifs is 1. The molecule has 0 unspecified atom stereocenters. The quantitative estimate of drug-likeness (QED) is 0.696. The molecule has 0 aliphatic carbocycles. The molecule has 7 heteroatoms. The van der Waals surface area contributed by atoms with Gasteiger partial charge in [-0.05, 0) is 42.7 Å². The van der Waals surface area contributed by atoms with Crippen LogP contribution in [0.5, 0.6) is 17.2 Å². The molecule has 0 N–H and O–H groups in total. The molecule has 2 heterocycles. The zero-order chi connectivity index (χ0) is 20.2. The average molecular weight is 401 g/mol. The molecule has 2 aliphatic heterocycles. The highest BCUT2D eigenvalue weighted by atomic mass is 19.3. The summed E-state index contributed by atoms with van der Waals surface area (Å²) in [5.41, 5.74) is 1.42. The maximum atomic E-state index is 12.8. The number of amides is 1. The van der Waals surface area contributed by atoms with Crippen LogP contribution in [-0.4, -0.2) is 37.2 Å². The number of rotatable bonds is 5. The van der Waals surface area contributed by atoms with Crippen molar-refractivity contribution in [1.82, 2.24) is 4.90 Å². The van der Waals surface area contributed by atoms with Crippen LogP contribution in [0.25, 0.3) is 6.08 Å². The summed E-state index contributed by atoms with van der Waals surface area (Å²) in [7, 11) is 0. The van der Waals surface area contributed by atoms with E-state index in [1.807, 2.05) is 18.2 Å². The summed E-state index contributed by atoms with van der Waals surface area (Å²) in [6.45, 7) is -1.25. The van der Waals surface area contributed by atoms with Gasteiger partial charge < -0.3 is 19.1 Å². The van der Waals surface area contributed by atoms with Crippen molar-refractivity contribution in [1.29, 1.82) is 0 Å². The highest BCUT2D eigenvalue weighted by Crippen LogP contribution is 2.38. The Morgan fingerprint density at radius 2 is 1.93 bits per heavy atom. The van der Waals surface area contributed by atoms with Gasteiger partial charge in [-0.15, -0.1) is 0 Å². The lowest BCUT2D eigenvalue weighted by Crippen LogP contribution is -2.29. The highest BCUT2D eigenvalue weighted by molar-refractivity contribution is 5.92. The third kappa shape index (κ3) is 4.34. The Bertz CT molecular complexity index is 915. The van der Waals surface area contributed by atoms with Crippen molar-refractivity contribution in [2.24, 2.45) is 0 Å². The van der Waals surface area contributed by atoms with Gasteiger partial charge in [-0.1, -0.05) is 24.3 Å². The number of para-hydroxylation sites is 1. The predicted molar refractivity (Wildman–Crippen MR) is 103 cm³/mol. The van der Waals surface area contributed by atoms with Crippen LogP contribution in [-0.2, 0) is 4.79 Å². The van der Waals surface area contributed by atoms with Gasteiger partial charge in [0, 0.05) is 18.2 Å². The number of hydrogen-bond donors (Lipinski definition) is 0. The van der Waals surface area contributed by atoms with Gasteiger partial charge in [0.2, 0.25) is 5.91 Å². The molecular formula is C22H21F2NO4. The molecule has 5 nitrogen and oxygen atoms in total. The van der Waals surface area contributed by atoms with Gasteiger partial charge in [0.1, 0.15) is 19.0 Å². The molecule has 2 aromatic rings. The van der Waals surface area contributed by atoms with Crippen LogP contribution in [0.1, 0.15) is 30.0 Å². The van der Waals surface area contributed by atoms with Crippen molar-refractivity contribution >= 4 is 12.0 Å². The molecule has 2 aromatic carbocycles. The number of carbonyl (C=O) groups excluding carboxylic acids is 1. The first-order valence-electron chi connectivity index (χ1n) is 9.54. The highest BCUT2D eigenvalue weighted by Gasteiger charge is 2.29. The second-order valence-corrected chi connectivity index (χ2v) is 6.84. The maximum absolute atomic E-state index is 12.8. The number of hydrogen-bond acceptors (Lipinski definition) is 4. The lowest BCUT2D eigenvalue weighted by molar-refractivity contribution is -0.126. The summed E-state index contributed by atoms with van der Waals surface area (Å²) < 4.78 is 40.8. The zero-order valence-corrected chi connectivity index (χ0v) is 15.7. The molecule has 0 bridgehead atoms. The second-order valence-electron chi connectivity index (χ2n) is 6.84. The number of halogens is 2. The Balaban J connectivity index is 1.51. The van der Waals surface area contributed by atoms with Crippen LogP contribution < -0.4 is 14.2 Å². The van der Waals surface area contributed by atoms with Crippen molar-refractivity contribution in [2.45, 2.75) is 25.5 Å². The van der Waals surface area contributed by atoms with E-state index in [2.05, 4.69) is 4.74 Å². The monoisotopic (exact) mass is 401 g/mol. The molecular weight excluding hydrogens is 380 g/mol. The lowest BCUT2D eigenvalue weighted by Gasteiger charge is -2.26. The Morgan fingerprint density at radius 1 is 1.14 bits per heavy atom. The van der Waals surface area contributed by atoms with E-state index in [1.54, 1.807) is 23.1 Å². The summed E-state index contributed by atoms with van der Waals surface area (Å²) >= 11 is 0. The first kappa shape index (κ1) is 19.2. The third-order valence-corrected chi connectivity index (χ3v) is 5.03. The Hall–Kier alpha value is -3.09. The van der Waals surface area contributed by atoms with Crippen LogP contribution in [0.2, 0.25) is 0 Å². The fourth-order valence-electron chi connectivity index (χ4n) is 3.72. The van der Waals surface area contributed by atoms with Gasteiger partial charge in [0.25, 0.3) is 0 Å². The Kier molecular flexibility index (Phi) is 5.64. The van der Waals surface area contributed by atoms with E-state index in [0.29, 0.717) is 36.8 Å². The van der Waals surface area contributed by atoms with E-state index in [-0.39, 0.29) is 17.7 Å². The van der Waals surface area contributed by atoms with Gasteiger partial charge in [-0.25, -0.2) is 0 Å². The number of nitrogens with zero attached hydrogens (tertiary/aromatic N) is 1. The standard InChI is InChI=1S/C22H21F2NO4/c23-22(24)29-18-6-2-1-4-15(18)8-10-21(26)25-11-3-5-17(25)16-7-9-19-20(14-16)28-13-12-27-19/h1-2,4,6-10,14,17,22H,3,5,11-13H2/b10-8+/t17-/m0/s1. The molecule has 1 saturated heterocycles. The minimum atomic E-state index is -2.92. The molecule has 0 spiro atoms. The first-order valence-corrected chi connectivity index (χ1v) is 9.54. The normalized spacial score (nSPS) is 18.4. The van der Waals surface area contributed by atoms with E-state index in [4.69, 9.17) is 9.47 Å². The smallest absolute Gasteiger partial charge is 0.387 e. The summed E-state index contributed by atoms with van der Waals surface area (Å²) in [6, 6.07) is 12.1. The summed E-state index contributed by atoms with van der Waals surface area (Å²) in [4.78, 5) is 14.6. The molecule has 2 aliphatic rings. The summed E-state index contributed by atoms with van der Waals surface area (Å²) in [6.07, 6.45) is 4.66. The maximum Gasteiger partial charge on any atom is 0.387 e. The molecule has 0 aromatic heterocycles. The number of ether oxygens (including phenoxy) is 3. The minimum Gasteiger partial charge on any atom is -0.486 e. The number of likely N-dealkylation sites (tertiary alicyclic amines) is 1. The van der Waals surface area contributed by atoms with E-state index in [1.165, 1.54) is 18.2 Å². The number of alkyl halides is 2. The number of benzene rings is 2. The minimum absolute atomic E-state index is 0.0383. The SMILES string of the molecule is O=C(/C=C/c1ccccc1OC(F)F)N1CCC[C@H]1c1ccc2c(c1)OCCO2. The van der Waals surface area contributed by atoms with Crippen LogP contribution in [0, 0.1) is 0 Å². The van der Waals surface area contributed by atoms with Gasteiger partial charge >= 0.3 is 6.61 Å². The second kappa shape index (κ2) is 8.51. The van der Waals surface area contributed by atoms with Gasteiger partial charge in [-0.3, -0.25) is 4.79 Å². The fourth-order valence-corrected chi connectivity index (χ4v) is 3.72. The predicted octanol–water partition coefficient (Wildman–Crippen LogP) is 4.44. The van der Waals surface area contributed by atoms with Crippen molar-refractivity contribution in [3.05, 3.63) is 59.7 Å². The molecule has 1 atom stereocenters. The molecule has 29 heavy (non-hydrogen) atoms. The average Bonchev–Trinajstić information content (AvgIpc) is 3.22. The topological polar surface area (TPSA) is 48.0 Å². The zero-order valence-electron chi connectivity index (χ0n) is 15.7. The lowest BCUT2D eigenvalue weighted by atomic mass is 10.0. The van der Waals surface area contributed by atoms with Gasteiger partial charge in [-0.2, -0.15) is 8.78 Å². The van der Waals surface area contributed by atoms with Crippen molar-refractivity contribution < 1.29 is 27.8 Å². The Morgan fingerprint density at radius 3 is 2.76 bits per heavy atom. The largest absolute Gasteiger partial charge is 0.486 e. The fraction of sp³-hybridized carbons (Fsp3) is 0.318. The van der Waals surface area contributed by atoms with Gasteiger partial charge in [0.15, 0.2) is 11.5 Å². The van der Waals surface area contributed by atoms with Crippen LogP contribution in [0.4, 0.5) is 8.78 Å².